The van der Waals surface area contributed by atoms with Crippen molar-refractivity contribution in [3.63, 3.8) is 0 Å². The average Bonchev–Trinajstić information content (AvgIpc) is 3.12. The van der Waals surface area contributed by atoms with E-state index in [-0.39, 0.29) is 18.6 Å². The standard InChI is InChI=1S/C17H25NO4SSi/c1-5-11-21-17(20)18-14(13-10-9-12-23-13)15(16(18)19)22-24(6-2,7-3)8-4/h5,9-10,12,14-15H,1,6-8,11H2,2-4H3. The summed E-state index contributed by atoms with van der Waals surface area (Å²) in [6, 6.07) is 6.34. The van der Waals surface area contributed by atoms with E-state index in [1.165, 1.54) is 22.3 Å². The molecule has 0 aliphatic carbocycles. The van der Waals surface area contributed by atoms with Gasteiger partial charge < -0.3 is 9.16 Å². The number of nitrogens with zero attached hydrogens (tertiary/aromatic N) is 1. The summed E-state index contributed by atoms with van der Waals surface area (Å²) < 4.78 is 11.4. The average molecular weight is 368 g/mol. The number of amides is 2. The van der Waals surface area contributed by atoms with E-state index in [9.17, 15) is 9.59 Å². The van der Waals surface area contributed by atoms with Crippen molar-refractivity contribution in [2.75, 3.05) is 6.61 Å². The SMILES string of the molecule is C=CCOC(=O)N1C(=O)C(O[Si](CC)(CC)CC)C1c1cccs1. The van der Waals surface area contributed by atoms with Gasteiger partial charge in [0, 0.05) is 4.88 Å². The lowest BCUT2D eigenvalue weighted by Crippen LogP contribution is -2.64. The van der Waals surface area contributed by atoms with Crippen molar-refractivity contribution in [1.29, 1.82) is 0 Å². The Labute approximate surface area is 148 Å². The molecule has 1 aromatic rings. The van der Waals surface area contributed by atoms with Gasteiger partial charge in [0.2, 0.25) is 0 Å². The van der Waals surface area contributed by atoms with Crippen molar-refractivity contribution in [2.24, 2.45) is 0 Å². The van der Waals surface area contributed by atoms with E-state index in [0.717, 1.165) is 23.0 Å². The molecule has 0 spiro atoms. The quantitative estimate of drug-likeness (QED) is 0.389. The molecule has 2 heterocycles. The molecular formula is C17H25NO4SSi. The first kappa shape index (κ1) is 18.9. The van der Waals surface area contributed by atoms with Crippen LogP contribution in [0.15, 0.2) is 30.2 Å². The summed E-state index contributed by atoms with van der Waals surface area (Å²) in [6.45, 7) is 9.98. The summed E-state index contributed by atoms with van der Waals surface area (Å²) in [7, 11) is -1.95. The number of hydrogen-bond acceptors (Lipinski definition) is 5. The van der Waals surface area contributed by atoms with Crippen LogP contribution in [0.3, 0.4) is 0 Å². The van der Waals surface area contributed by atoms with Crippen molar-refractivity contribution in [3.8, 4) is 0 Å². The Kier molecular flexibility index (Phi) is 6.37. The summed E-state index contributed by atoms with van der Waals surface area (Å²) in [5.74, 6) is -0.297. The Morgan fingerprint density at radius 2 is 2.04 bits per heavy atom. The first-order chi connectivity index (χ1) is 11.5. The first-order valence-corrected chi connectivity index (χ1v) is 11.8. The van der Waals surface area contributed by atoms with Crippen LogP contribution < -0.4 is 0 Å². The number of likely N-dealkylation sites (tertiary alicyclic amines) is 1. The minimum Gasteiger partial charge on any atom is -0.445 e. The molecule has 1 saturated heterocycles. The molecule has 0 aromatic carbocycles. The van der Waals surface area contributed by atoms with E-state index >= 15 is 0 Å². The minimum absolute atomic E-state index is 0.0862. The molecule has 2 unspecified atom stereocenters. The lowest BCUT2D eigenvalue weighted by Gasteiger charge is -2.47. The Bertz CT molecular complexity index is 577. The molecule has 0 N–H and O–H groups in total. The third-order valence-electron chi connectivity index (χ3n) is 4.71. The maximum Gasteiger partial charge on any atom is 0.417 e. The Hall–Kier alpha value is -1.44. The highest BCUT2D eigenvalue weighted by Gasteiger charge is 2.55. The van der Waals surface area contributed by atoms with Crippen LogP contribution in [0.5, 0.6) is 0 Å². The first-order valence-electron chi connectivity index (χ1n) is 8.35. The van der Waals surface area contributed by atoms with Gasteiger partial charge in [-0.25, -0.2) is 9.69 Å². The fourth-order valence-electron chi connectivity index (χ4n) is 2.99. The van der Waals surface area contributed by atoms with Gasteiger partial charge in [0.05, 0.1) is 0 Å². The molecular weight excluding hydrogens is 342 g/mol. The number of imide groups is 1. The van der Waals surface area contributed by atoms with Crippen molar-refractivity contribution in [3.05, 3.63) is 35.0 Å². The van der Waals surface area contributed by atoms with Crippen LogP contribution in [0.25, 0.3) is 0 Å². The molecule has 7 heteroatoms. The number of hydrogen-bond donors (Lipinski definition) is 0. The Balaban J connectivity index is 2.23. The fourth-order valence-corrected chi connectivity index (χ4v) is 6.59. The molecule has 1 fully saturated rings. The normalized spacial score (nSPS) is 20.6. The zero-order valence-corrected chi connectivity index (χ0v) is 16.3. The van der Waals surface area contributed by atoms with Crippen molar-refractivity contribution < 1.29 is 18.8 Å². The predicted molar refractivity (Wildman–Crippen MR) is 97.5 cm³/mol. The van der Waals surface area contributed by atoms with Crippen LogP contribution >= 0.6 is 11.3 Å². The molecule has 1 aliphatic heterocycles. The van der Waals surface area contributed by atoms with Gasteiger partial charge in [0.25, 0.3) is 5.91 Å². The number of carbonyl (C=O) groups excluding carboxylic acids is 2. The van der Waals surface area contributed by atoms with E-state index in [4.69, 9.17) is 9.16 Å². The molecule has 0 saturated carbocycles. The van der Waals surface area contributed by atoms with Gasteiger partial charge in [-0.1, -0.05) is 39.5 Å². The van der Waals surface area contributed by atoms with Crippen molar-refractivity contribution in [2.45, 2.75) is 51.0 Å². The summed E-state index contributed by atoms with van der Waals surface area (Å²) in [5.41, 5.74) is 0. The highest BCUT2D eigenvalue weighted by atomic mass is 32.1. The lowest BCUT2D eigenvalue weighted by molar-refractivity contribution is -0.160. The second kappa shape index (κ2) is 8.09. The zero-order chi connectivity index (χ0) is 17.7. The van der Waals surface area contributed by atoms with E-state index in [0.29, 0.717) is 0 Å². The number of rotatable bonds is 8. The smallest absolute Gasteiger partial charge is 0.417 e. The third kappa shape index (κ3) is 3.48. The van der Waals surface area contributed by atoms with Crippen LogP contribution in [-0.2, 0) is 14.0 Å². The van der Waals surface area contributed by atoms with Gasteiger partial charge in [-0.05, 0) is 29.6 Å². The summed E-state index contributed by atoms with van der Waals surface area (Å²) in [5, 5.41) is 1.94. The van der Waals surface area contributed by atoms with E-state index < -0.39 is 20.5 Å². The largest absolute Gasteiger partial charge is 0.445 e. The van der Waals surface area contributed by atoms with E-state index in [1.807, 2.05) is 17.5 Å². The molecule has 1 aromatic heterocycles. The molecule has 132 valence electrons. The molecule has 0 radical (unpaired) electrons. The summed E-state index contributed by atoms with van der Waals surface area (Å²) in [4.78, 5) is 26.9. The maximum absolute atomic E-state index is 12.6. The van der Waals surface area contributed by atoms with Gasteiger partial charge >= 0.3 is 6.09 Å². The van der Waals surface area contributed by atoms with Gasteiger partial charge in [0.1, 0.15) is 12.6 Å². The molecule has 24 heavy (non-hydrogen) atoms. The van der Waals surface area contributed by atoms with Gasteiger partial charge in [-0.2, -0.15) is 0 Å². The molecule has 2 amide bonds. The number of ether oxygens (including phenoxy) is 1. The molecule has 2 atom stereocenters. The molecule has 1 aliphatic rings. The topological polar surface area (TPSA) is 55.8 Å². The third-order valence-corrected chi connectivity index (χ3v) is 10.3. The second-order valence-electron chi connectivity index (χ2n) is 5.82. The van der Waals surface area contributed by atoms with Crippen molar-refractivity contribution in [1.82, 2.24) is 4.90 Å². The van der Waals surface area contributed by atoms with Gasteiger partial charge in [-0.3, -0.25) is 4.79 Å². The molecule has 5 nitrogen and oxygen atoms in total. The molecule has 2 rings (SSSR count). The van der Waals surface area contributed by atoms with Gasteiger partial charge in [0.15, 0.2) is 14.4 Å². The predicted octanol–water partition coefficient (Wildman–Crippen LogP) is 4.34. The highest BCUT2D eigenvalue weighted by molar-refractivity contribution is 7.10. The summed E-state index contributed by atoms with van der Waals surface area (Å²) >= 11 is 1.52. The maximum atomic E-state index is 12.6. The summed E-state index contributed by atoms with van der Waals surface area (Å²) in [6.07, 6.45) is 0.279. The second-order valence-corrected chi connectivity index (χ2v) is 11.5. The van der Waals surface area contributed by atoms with Crippen LogP contribution in [0.1, 0.15) is 31.7 Å². The van der Waals surface area contributed by atoms with Crippen LogP contribution in [0.2, 0.25) is 18.1 Å². The minimum atomic E-state index is -1.95. The number of carbonyl (C=O) groups is 2. The van der Waals surface area contributed by atoms with E-state index in [1.54, 1.807) is 0 Å². The Morgan fingerprint density at radius 3 is 2.54 bits per heavy atom. The number of thiophene rings is 1. The monoisotopic (exact) mass is 367 g/mol. The van der Waals surface area contributed by atoms with Crippen LogP contribution in [0, 0.1) is 0 Å². The lowest BCUT2D eigenvalue weighted by atomic mass is 9.97. The Morgan fingerprint density at radius 1 is 1.38 bits per heavy atom. The fraction of sp³-hybridized carbons (Fsp3) is 0.529. The van der Waals surface area contributed by atoms with E-state index in [2.05, 4.69) is 27.4 Å². The highest BCUT2D eigenvalue weighted by Crippen LogP contribution is 2.42. The number of β-lactam (4-membered cyclic amide) rings is 1. The molecule has 0 bridgehead atoms. The zero-order valence-electron chi connectivity index (χ0n) is 14.5. The van der Waals surface area contributed by atoms with Crippen LogP contribution in [0.4, 0.5) is 4.79 Å². The van der Waals surface area contributed by atoms with Gasteiger partial charge in [-0.15, -0.1) is 11.3 Å². The van der Waals surface area contributed by atoms with Crippen LogP contribution in [-0.4, -0.2) is 37.9 Å². The van der Waals surface area contributed by atoms with Crippen molar-refractivity contribution >= 4 is 31.7 Å².